The van der Waals surface area contributed by atoms with Gasteiger partial charge in [-0.05, 0) is 25.4 Å². The molecular formula is C7H11N. The summed E-state index contributed by atoms with van der Waals surface area (Å²) in [6.45, 7) is 2.29. The lowest BCUT2D eigenvalue weighted by Crippen LogP contribution is -2.08. The SMILES string of the molecule is C#CC[C@H]1CCNC1. The van der Waals surface area contributed by atoms with E-state index in [4.69, 9.17) is 6.42 Å². The summed E-state index contributed by atoms with van der Waals surface area (Å²) in [5.41, 5.74) is 0. The molecule has 1 heterocycles. The number of nitrogens with one attached hydrogen (secondary N) is 1. The van der Waals surface area contributed by atoms with Crippen LogP contribution in [0.4, 0.5) is 0 Å². The van der Waals surface area contributed by atoms with Crippen molar-refractivity contribution < 1.29 is 0 Å². The second kappa shape index (κ2) is 2.74. The first-order valence-electron chi connectivity index (χ1n) is 3.07. The van der Waals surface area contributed by atoms with Gasteiger partial charge in [-0.1, -0.05) is 0 Å². The molecule has 1 nitrogen and oxygen atoms in total. The van der Waals surface area contributed by atoms with Crippen molar-refractivity contribution in [3.05, 3.63) is 0 Å². The molecule has 1 N–H and O–H groups in total. The Hall–Kier alpha value is -0.480. The Morgan fingerprint density at radius 2 is 2.62 bits per heavy atom. The van der Waals surface area contributed by atoms with Crippen LogP contribution in [0, 0.1) is 18.3 Å². The third kappa shape index (κ3) is 1.24. The summed E-state index contributed by atoms with van der Waals surface area (Å²) in [6.07, 6.45) is 7.35. The van der Waals surface area contributed by atoms with E-state index in [0.717, 1.165) is 25.4 Å². The normalized spacial score (nSPS) is 27.6. The van der Waals surface area contributed by atoms with Crippen molar-refractivity contribution >= 4 is 0 Å². The van der Waals surface area contributed by atoms with Crippen molar-refractivity contribution in [3.8, 4) is 12.3 Å². The second-order valence-electron chi connectivity index (χ2n) is 2.27. The zero-order chi connectivity index (χ0) is 5.82. The van der Waals surface area contributed by atoms with E-state index in [0.29, 0.717) is 0 Å². The monoisotopic (exact) mass is 109 g/mol. The highest BCUT2D eigenvalue weighted by Crippen LogP contribution is 2.09. The van der Waals surface area contributed by atoms with Gasteiger partial charge >= 0.3 is 0 Å². The molecule has 1 heteroatoms. The van der Waals surface area contributed by atoms with E-state index >= 15 is 0 Å². The molecule has 0 aromatic heterocycles. The molecule has 0 aromatic rings. The average Bonchev–Trinajstić information content (AvgIpc) is 2.19. The molecule has 0 radical (unpaired) electrons. The fraction of sp³-hybridized carbons (Fsp3) is 0.714. The molecule has 0 spiro atoms. The first-order valence-corrected chi connectivity index (χ1v) is 3.07. The summed E-state index contributed by atoms with van der Waals surface area (Å²) in [5.74, 6) is 3.43. The van der Waals surface area contributed by atoms with Crippen molar-refractivity contribution in [3.63, 3.8) is 0 Å². The van der Waals surface area contributed by atoms with Crippen molar-refractivity contribution in [1.29, 1.82) is 0 Å². The van der Waals surface area contributed by atoms with E-state index in [9.17, 15) is 0 Å². The molecule has 8 heavy (non-hydrogen) atoms. The van der Waals surface area contributed by atoms with Gasteiger partial charge in [0.2, 0.25) is 0 Å². The highest BCUT2D eigenvalue weighted by Gasteiger charge is 2.11. The standard InChI is InChI=1S/C7H11N/c1-2-3-7-4-5-8-6-7/h1,7-8H,3-6H2/t7-/m0/s1. The van der Waals surface area contributed by atoms with Crippen molar-refractivity contribution in [2.24, 2.45) is 5.92 Å². The third-order valence-corrected chi connectivity index (χ3v) is 1.57. The minimum absolute atomic E-state index is 0.764. The molecular weight excluding hydrogens is 98.1 g/mol. The molecule has 0 aliphatic carbocycles. The quantitative estimate of drug-likeness (QED) is 0.487. The predicted octanol–water partition coefficient (Wildman–Crippen LogP) is 0.619. The van der Waals surface area contributed by atoms with E-state index in [-0.39, 0.29) is 0 Å². The zero-order valence-corrected chi connectivity index (χ0v) is 4.98. The highest BCUT2D eigenvalue weighted by molar-refractivity contribution is 4.89. The Morgan fingerprint density at radius 3 is 3.12 bits per heavy atom. The lowest BCUT2D eigenvalue weighted by Gasteiger charge is -1.98. The number of terminal acetylenes is 1. The van der Waals surface area contributed by atoms with Crippen LogP contribution in [-0.4, -0.2) is 13.1 Å². The zero-order valence-electron chi connectivity index (χ0n) is 4.98. The number of hydrogen-bond donors (Lipinski definition) is 1. The molecule has 0 aromatic carbocycles. The van der Waals surface area contributed by atoms with Crippen LogP contribution in [0.3, 0.4) is 0 Å². The lowest BCUT2D eigenvalue weighted by atomic mass is 10.1. The molecule has 1 rings (SSSR count). The molecule has 1 fully saturated rings. The molecule has 0 bridgehead atoms. The summed E-state index contributed by atoms with van der Waals surface area (Å²) >= 11 is 0. The largest absolute Gasteiger partial charge is 0.316 e. The second-order valence-corrected chi connectivity index (χ2v) is 2.27. The summed E-state index contributed by atoms with van der Waals surface area (Å²) in [4.78, 5) is 0. The van der Waals surface area contributed by atoms with Crippen LogP contribution in [0.1, 0.15) is 12.8 Å². The van der Waals surface area contributed by atoms with E-state index in [1.165, 1.54) is 6.42 Å². The van der Waals surface area contributed by atoms with E-state index < -0.39 is 0 Å². The number of hydrogen-bond acceptors (Lipinski definition) is 1. The van der Waals surface area contributed by atoms with Crippen LogP contribution in [-0.2, 0) is 0 Å². The molecule has 1 atom stereocenters. The van der Waals surface area contributed by atoms with Crippen LogP contribution >= 0.6 is 0 Å². The first-order chi connectivity index (χ1) is 3.93. The van der Waals surface area contributed by atoms with Gasteiger partial charge < -0.3 is 5.32 Å². The molecule has 44 valence electrons. The predicted molar refractivity (Wildman–Crippen MR) is 34.4 cm³/mol. The smallest absolute Gasteiger partial charge is 0.0127 e. The topological polar surface area (TPSA) is 12.0 Å². The Morgan fingerprint density at radius 1 is 1.75 bits per heavy atom. The lowest BCUT2D eigenvalue weighted by molar-refractivity contribution is 0.603. The van der Waals surface area contributed by atoms with Gasteiger partial charge in [-0.3, -0.25) is 0 Å². The molecule has 1 saturated heterocycles. The molecule has 0 amide bonds. The summed E-state index contributed by atoms with van der Waals surface area (Å²) in [7, 11) is 0. The van der Waals surface area contributed by atoms with Gasteiger partial charge in [-0.2, -0.15) is 0 Å². The summed E-state index contributed by atoms with van der Waals surface area (Å²) < 4.78 is 0. The van der Waals surface area contributed by atoms with Crippen LogP contribution < -0.4 is 5.32 Å². The first kappa shape index (κ1) is 5.65. The van der Waals surface area contributed by atoms with E-state index in [1.807, 2.05) is 0 Å². The van der Waals surface area contributed by atoms with Crippen LogP contribution in [0.25, 0.3) is 0 Å². The summed E-state index contributed by atoms with van der Waals surface area (Å²) in [5, 5.41) is 3.26. The van der Waals surface area contributed by atoms with Crippen molar-refractivity contribution in [2.45, 2.75) is 12.8 Å². The Bertz CT molecular complexity index is 95.4. The van der Waals surface area contributed by atoms with Crippen molar-refractivity contribution in [1.82, 2.24) is 5.32 Å². The highest BCUT2D eigenvalue weighted by atomic mass is 14.9. The van der Waals surface area contributed by atoms with Crippen LogP contribution in [0.5, 0.6) is 0 Å². The van der Waals surface area contributed by atoms with E-state index in [2.05, 4.69) is 11.2 Å². The van der Waals surface area contributed by atoms with Gasteiger partial charge in [0, 0.05) is 6.42 Å². The van der Waals surface area contributed by atoms with E-state index in [1.54, 1.807) is 0 Å². The molecule has 0 saturated carbocycles. The Kier molecular flexibility index (Phi) is 1.93. The van der Waals surface area contributed by atoms with Gasteiger partial charge in [0.05, 0.1) is 0 Å². The Balaban J connectivity index is 2.17. The maximum atomic E-state index is 5.13. The van der Waals surface area contributed by atoms with Gasteiger partial charge in [0.15, 0.2) is 0 Å². The fourth-order valence-electron chi connectivity index (χ4n) is 1.06. The Labute approximate surface area is 50.5 Å². The van der Waals surface area contributed by atoms with Gasteiger partial charge in [-0.15, -0.1) is 12.3 Å². The van der Waals surface area contributed by atoms with Gasteiger partial charge in [0.25, 0.3) is 0 Å². The maximum absolute atomic E-state index is 5.13. The fourth-order valence-corrected chi connectivity index (χ4v) is 1.06. The van der Waals surface area contributed by atoms with Gasteiger partial charge in [0.1, 0.15) is 0 Å². The van der Waals surface area contributed by atoms with Gasteiger partial charge in [-0.25, -0.2) is 0 Å². The minimum atomic E-state index is 0.764. The molecule has 0 unspecified atom stereocenters. The molecule has 1 aliphatic heterocycles. The minimum Gasteiger partial charge on any atom is -0.316 e. The summed E-state index contributed by atoms with van der Waals surface area (Å²) in [6, 6.07) is 0. The number of rotatable bonds is 1. The van der Waals surface area contributed by atoms with Crippen LogP contribution in [0.15, 0.2) is 0 Å². The average molecular weight is 109 g/mol. The third-order valence-electron chi connectivity index (χ3n) is 1.57. The van der Waals surface area contributed by atoms with Crippen LogP contribution in [0.2, 0.25) is 0 Å². The molecule has 1 aliphatic rings. The van der Waals surface area contributed by atoms with Crippen molar-refractivity contribution in [2.75, 3.05) is 13.1 Å². The maximum Gasteiger partial charge on any atom is 0.0127 e.